The maximum absolute atomic E-state index is 11.2. The number of rotatable bonds is 3. The standard InChI is InChI=1S/C12H13BrO3/c1-7-5-8(6-9(13)10(7)16-2)12(3-4-12)11(14)15/h5-6H,3-4H2,1-2H3,(H,14,15). The first-order chi connectivity index (χ1) is 7.51. The van der Waals surface area contributed by atoms with Gasteiger partial charge in [-0.15, -0.1) is 0 Å². The first-order valence-electron chi connectivity index (χ1n) is 5.09. The van der Waals surface area contributed by atoms with E-state index in [4.69, 9.17) is 4.74 Å². The predicted molar refractivity (Wildman–Crippen MR) is 64.0 cm³/mol. The molecule has 0 aromatic heterocycles. The molecule has 1 aromatic rings. The fourth-order valence-corrected chi connectivity index (χ4v) is 2.74. The van der Waals surface area contributed by atoms with Gasteiger partial charge in [-0.1, -0.05) is 6.07 Å². The lowest BCUT2D eigenvalue weighted by Crippen LogP contribution is -2.19. The molecule has 1 N–H and O–H groups in total. The number of carboxylic acids is 1. The molecule has 1 aliphatic carbocycles. The first kappa shape index (κ1) is 11.5. The molecular formula is C12H13BrO3. The van der Waals surface area contributed by atoms with Crippen molar-refractivity contribution in [1.29, 1.82) is 0 Å². The molecule has 4 heteroatoms. The van der Waals surface area contributed by atoms with E-state index in [9.17, 15) is 9.90 Å². The Kier molecular flexibility index (Phi) is 2.70. The second-order valence-corrected chi connectivity index (χ2v) is 5.05. The molecule has 1 fully saturated rings. The van der Waals surface area contributed by atoms with E-state index in [-0.39, 0.29) is 0 Å². The molecule has 0 unspecified atom stereocenters. The highest BCUT2D eigenvalue weighted by atomic mass is 79.9. The molecule has 0 bridgehead atoms. The number of methoxy groups -OCH3 is 1. The van der Waals surface area contributed by atoms with Gasteiger partial charge < -0.3 is 9.84 Å². The molecule has 16 heavy (non-hydrogen) atoms. The zero-order valence-corrected chi connectivity index (χ0v) is 10.8. The van der Waals surface area contributed by atoms with Gasteiger partial charge in [-0.25, -0.2) is 0 Å². The number of carboxylic acid groups (broad SMARTS) is 1. The maximum atomic E-state index is 11.2. The van der Waals surface area contributed by atoms with Crippen molar-refractivity contribution in [3.05, 3.63) is 27.7 Å². The van der Waals surface area contributed by atoms with E-state index in [1.807, 2.05) is 19.1 Å². The summed E-state index contributed by atoms with van der Waals surface area (Å²) in [4.78, 5) is 11.2. The quantitative estimate of drug-likeness (QED) is 0.928. The van der Waals surface area contributed by atoms with Crippen molar-refractivity contribution >= 4 is 21.9 Å². The first-order valence-corrected chi connectivity index (χ1v) is 5.88. The zero-order valence-electron chi connectivity index (χ0n) is 9.21. The fraction of sp³-hybridized carbons (Fsp3) is 0.417. The van der Waals surface area contributed by atoms with Gasteiger partial charge in [-0.2, -0.15) is 0 Å². The van der Waals surface area contributed by atoms with E-state index in [2.05, 4.69) is 15.9 Å². The Morgan fingerprint density at radius 1 is 1.50 bits per heavy atom. The summed E-state index contributed by atoms with van der Waals surface area (Å²) in [6, 6.07) is 3.76. The normalized spacial score (nSPS) is 16.9. The van der Waals surface area contributed by atoms with Crippen LogP contribution in [0.15, 0.2) is 16.6 Å². The molecule has 0 heterocycles. The van der Waals surface area contributed by atoms with E-state index < -0.39 is 11.4 Å². The Balaban J connectivity index is 2.49. The van der Waals surface area contributed by atoms with Gasteiger partial charge in [0.05, 0.1) is 17.0 Å². The highest BCUT2D eigenvalue weighted by Gasteiger charge is 2.52. The number of aryl methyl sites for hydroxylation is 1. The van der Waals surface area contributed by atoms with Crippen molar-refractivity contribution in [2.24, 2.45) is 0 Å². The van der Waals surface area contributed by atoms with Crippen LogP contribution in [0.25, 0.3) is 0 Å². The summed E-state index contributed by atoms with van der Waals surface area (Å²) in [7, 11) is 1.61. The van der Waals surface area contributed by atoms with Crippen LogP contribution >= 0.6 is 15.9 Å². The highest BCUT2D eigenvalue weighted by Crippen LogP contribution is 2.50. The third-order valence-corrected chi connectivity index (χ3v) is 3.73. The lowest BCUT2D eigenvalue weighted by Gasteiger charge is -2.14. The molecule has 3 nitrogen and oxygen atoms in total. The van der Waals surface area contributed by atoms with Gasteiger partial charge in [0.1, 0.15) is 5.75 Å². The Hall–Kier alpha value is -1.03. The summed E-state index contributed by atoms with van der Waals surface area (Å²) in [6.45, 7) is 1.92. The minimum Gasteiger partial charge on any atom is -0.495 e. The Morgan fingerprint density at radius 2 is 2.12 bits per heavy atom. The smallest absolute Gasteiger partial charge is 0.314 e. The summed E-state index contributed by atoms with van der Waals surface area (Å²) >= 11 is 3.41. The van der Waals surface area contributed by atoms with Gasteiger partial charge in [0.25, 0.3) is 0 Å². The maximum Gasteiger partial charge on any atom is 0.314 e. The molecule has 1 aromatic carbocycles. The van der Waals surface area contributed by atoms with Crippen LogP contribution in [0, 0.1) is 6.92 Å². The molecular weight excluding hydrogens is 272 g/mol. The monoisotopic (exact) mass is 284 g/mol. The van der Waals surface area contributed by atoms with E-state index in [0.717, 1.165) is 34.2 Å². The van der Waals surface area contributed by atoms with Gasteiger partial charge in [-0.05, 0) is 52.9 Å². The van der Waals surface area contributed by atoms with Crippen LogP contribution < -0.4 is 4.74 Å². The second kappa shape index (κ2) is 3.77. The summed E-state index contributed by atoms with van der Waals surface area (Å²) < 4.78 is 6.05. The second-order valence-electron chi connectivity index (χ2n) is 4.20. The van der Waals surface area contributed by atoms with Crippen molar-refractivity contribution in [3.8, 4) is 5.75 Å². The van der Waals surface area contributed by atoms with Crippen molar-refractivity contribution in [2.75, 3.05) is 7.11 Å². The van der Waals surface area contributed by atoms with Crippen molar-refractivity contribution in [2.45, 2.75) is 25.2 Å². The highest BCUT2D eigenvalue weighted by molar-refractivity contribution is 9.10. The van der Waals surface area contributed by atoms with Crippen LogP contribution in [-0.4, -0.2) is 18.2 Å². The molecule has 0 saturated heterocycles. The Bertz CT molecular complexity index is 427. The summed E-state index contributed by atoms with van der Waals surface area (Å²) in [5, 5.41) is 9.22. The minimum absolute atomic E-state index is 0.653. The molecule has 2 rings (SSSR count). The number of hydrogen-bond donors (Lipinski definition) is 1. The SMILES string of the molecule is COc1c(C)cc(C2(C(=O)O)CC2)cc1Br. The topological polar surface area (TPSA) is 46.5 Å². The van der Waals surface area contributed by atoms with E-state index >= 15 is 0 Å². The Labute approximate surface area is 103 Å². The molecule has 0 atom stereocenters. The van der Waals surface area contributed by atoms with Gasteiger partial charge in [0, 0.05) is 0 Å². The zero-order chi connectivity index (χ0) is 11.9. The molecule has 0 aliphatic heterocycles. The molecule has 0 amide bonds. The average Bonchev–Trinajstić information content (AvgIpc) is 2.97. The lowest BCUT2D eigenvalue weighted by atomic mass is 9.94. The number of benzene rings is 1. The molecule has 1 aliphatic rings. The third-order valence-electron chi connectivity index (χ3n) is 3.15. The average molecular weight is 285 g/mol. The van der Waals surface area contributed by atoms with Gasteiger partial charge in [0.2, 0.25) is 0 Å². The summed E-state index contributed by atoms with van der Waals surface area (Å²) in [6.07, 6.45) is 1.45. The van der Waals surface area contributed by atoms with Crippen molar-refractivity contribution in [1.82, 2.24) is 0 Å². The van der Waals surface area contributed by atoms with E-state index in [1.165, 1.54) is 0 Å². The van der Waals surface area contributed by atoms with Crippen LogP contribution in [0.1, 0.15) is 24.0 Å². The fourth-order valence-electron chi connectivity index (χ4n) is 2.02. The van der Waals surface area contributed by atoms with Gasteiger partial charge in [-0.3, -0.25) is 4.79 Å². The van der Waals surface area contributed by atoms with Gasteiger partial charge >= 0.3 is 5.97 Å². The number of carbonyl (C=O) groups is 1. The number of aliphatic carboxylic acids is 1. The molecule has 1 saturated carbocycles. The van der Waals surface area contributed by atoms with E-state index in [1.54, 1.807) is 7.11 Å². The van der Waals surface area contributed by atoms with Crippen LogP contribution in [0.5, 0.6) is 5.75 Å². The summed E-state index contributed by atoms with van der Waals surface area (Å²) in [5.74, 6) is 0.0360. The van der Waals surface area contributed by atoms with Crippen molar-refractivity contribution in [3.63, 3.8) is 0 Å². The third kappa shape index (κ3) is 1.61. The van der Waals surface area contributed by atoms with Crippen LogP contribution in [0.3, 0.4) is 0 Å². The van der Waals surface area contributed by atoms with Crippen LogP contribution in [-0.2, 0) is 10.2 Å². The number of halogens is 1. The number of hydrogen-bond acceptors (Lipinski definition) is 2. The number of ether oxygens (including phenoxy) is 1. The van der Waals surface area contributed by atoms with Crippen molar-refractivity contribution < 1.29 is 14.6 Å². The van der Waals surface area contributed by atoms with Crippen LogP contribution in [0.4, 0.5) is 0 Å². The predicted octanol–water partition coefficient (Wildman–Crippen LogP) is 2.88. The summed E-state index contributed by atoms with van der Waals surface area (Å²) in [5.41, 5.74) is 1.17. The van der Waals surface area contributed by atoms with Crippen LogP contribution in [0.2, 0.25) is 0 Å². The molecule has 0 spiro atoms. The largest absolute Gasteiger partial charge is 0.495 e. The lowest BCUT2D eigenvalue weighted by molar-refractivity contribution is -0.140. The Morgan fingerprint density at radius 3 is 2.50 bits per heavy atom. The molecule has 86 valence electrons. The molecule has 0 radical (unpaired) electrons. The van der Waals surface area contributed by atoms with Gasteiger partial charge in [0.15, 0.2) is 0 Å². The van der Waals surface area contributed by atoms with E-state index in [0.29, 0.717) is 0 Å². The minimum atomic E-state index is -0.732.